The van der Waals surface area contributed by atoms with Gasteiger partial charge in [0.05, 0.1) is 0 Å². The Morgan fingerprint density at radius 2 is 1.62 bits per heavy atom. The minimum absolute atomic E-state index is 0. The van der Waals surface area contributed by atoms with E-state index in [1.165, 1.54) is 0 Å². The third kappa shape index (κ3) is 143. The molecule has 0 rings (SSSR count). The zero-order valence-electron chi connectivity index (χ0n) is 5.35. The first-order valence-corrected chi connectivity index (χ1v) is 8.92. The Kier molecular flexibility index (Phi) is 32.1. The Hall–Kier alpha value is 1.49. The van der Waals surface area contributed by atoms with Crippen molar-refractivity contribution < 1.29 is 36.6 Å². The van der Waals surface area contributed by atoms with Gasteiger partial charge in [-0.25, -0.2) is 0 Å². The number of thiol groups is 1. The van der Waals surface area contributed by atoms with E-state index in [0.29, 0.717) is 0 Å². The summed E-state index contributed by atoms with van der Waals surface area (Å²) in [4.78, 5) is 0. The van der Waals surface area contributed by atoms with Crippen LogP contribution < -0.4 is 5.73 Å². The predicted molar refractivity (Wildman–Crippen MR) is 37.5 cm³/mol. The van der Waals surface area contributed by atoms with Gasteiger partial charge in [-0.15, -0.1) is 12.6 Å². The number of hydrogen-bond donors (Lipinski definition) is 2. The van der Waals surface area contributed by atoms with E-state index in [1.807, 2.05) is 0 Å². The molecule has 8 heavy (non-hydrogen) atoms. The van der Waals surface area contributed by atoms with Crippen LogP contribution in [0, 0.1) is 0 Å². The van der Waals surface area contributed by atoms with Crippen molar-refractivity contribution in [1.29, 1.82) is 0 Å². The molecule has 0 aliphatic carbocycles. The van der Waals surface area contributed by atoms with E-state index in [4.69, 9.17) is 5.73 Å². The topological polar surface area (TPSA) is 26.0 Å². The fourth-order valence-corrected chi connectivity index (χ4v) is 0. The second kappa shape index (κ2) is 15.8. The van der Waals surface area contributed by atoms with Gasteiger partial charge in [0, 0.05) is 19.5 Å². The second-order valence-corrected chi connectivity index (χ2v) is 5.24. The minimum atomic E-state index is 0. The molecule has 2 N–H and O–H groups in total. The molecule has 0 amide bonds. The van der Waals surface area contributed by atoms with Gasteiger partial charge in [0.1, 0.15) is 4.32 Å². The third-order valence-electron chi connectivity index (χ3n) is 0. The fraction of sp³-hybridized carbons (Fsp3) is 0.667. The van der Waals surface area contributed by atoms with Crippen LogP contribution >= 0.6 is 24.8 Å². The average molecular weight is 254 g/mol. The normalized spacial score (nSPS) is 4.38. The number of hydrogen-bond acceptors (Lipinski definition) is 1. The van der Waals surface area contributed by atoms with Gasteiger partial charge in [-0.3, -0.25) is 0 Å². The molecule has 0 radical (unpaired) electrons. The summed E-state index contributed by atoms with van der Waals surface area (Å²) in [6.45, 7) is 0. The van der Waals surface area contributed by atoms with Crippen molar-refractivity contribution in [1.82, 2.24) is 0 Å². The summed E-state index contributed by atoms with van der Waals surface area (Å²) >= 11 is 7.78. The van der Waals surface area contributed by atoms with E-state index in [9.17, 15) is 0 Å². The van der Waals surface area contributed by atoms with E-state index in [-0.39, 0.29) is 40.9 Å². The molecule has 0 unspecified atom stereocenters. The summed E-state index contributed by atoms with van der Waals surface area (Å²) in [5.74, 6) is 0. The standard InChI is InChI=1S/CH3NS2.2CH3.2Zn/c2-1(3)4;;;;/h(H3,2,3,4);2*1H3;;. The summed E-state index contributed by atoms with van der Waals surface area (Å²) in [5, 5.41) is 0. The van der Waals surface area contributed by atoms with Crippen LogP contribution in [0.3, 0.4) is 0 Å². The molecule has 0 bridgehead atoms. The van der Waals surface area contributed by atoms with Crippen molar-refractivity contribution in [3.63, 3.8) is 0 Å². The molecule has 1 nitrogen and oxygen atoms in total. The summed E-state index contributed by atoms with van der Waals surface area (Å²) < 4.78 is 0.194. The molecule has 0 aliphatic rings. The van der Waals surface area contributed by atoms with Gasteiger partial charge in [0.2, 0.25) is 0 Å². The van der Waals surface area contributed by atoms with E-state index in [1.54, 1.807) is 0 Å². The number of thiocarbonyl (C=S) groups is 1. The molecule has 0 saturated heterocycles. The van der Waals surface area contributed by atoms with Crippen molar-refractivity contribution in [3.05, 3.63) is 0 Å². The monoisotopic (exact) mass is 251 g/mol. The van der Waals surface area contributed by atoms with Crippen LogP contribution in [0.15, 0.2) is 0 Å². The Balaban J connectivity index is -0.0000000575. The summed E-state index contributed by atoms with van der Waals surface area (Å²) in [7, 11) is 0. The Morgan fingerprint density at radius 3 is 1.62 bits per heavy atom. The molecule has 0 aliphatic heterocycles. The van der Waals surface area contributed by atoms with Crippen LogP contribution in [0.5, 0.6) is 0 Å². The number of rotatable bonds is 0. The maximum atomic E-state index is 4.71. The molecule has 5 heteroatoms. The quantitative estimate of drug-likeness (QED) is 0.387. The van der Waals surface area contributed by atoms with Crippen molar-refractivity contribution >= 4 is 29.2 Å². The molecule has 0 aromatic carbocycles. The Morgan fingerprint density at radius 1 is 1.62 bits per heavy atom. The fourth-order valence-electron chi connectivity index (χ4n) is 0. The van der Waals surface area contributed by atoms with Gasteiger partial charge >= 0.3 is 28.2 Å². The largest absolute Gasteiger partial charge is 0 e. The second-order valence-electron chi connectivity index (χ2n) is 1.05. The van der Waals surface area contributed by atoms with Gasteiger partial charge in [0.15, 0.2) is 0 Å². The van der Waals surface area contributed by atoms with Crippen molar-refractivity contribution in [2.75, 3.05) is 0 Å². The first-order valence-electron chi connectivity index (χ1n) is 2.13. The molecule has 42 valence electrons. The molecular formula is C3H9NS2Zn2. The first kappa shape index (κ1) is 16.2. The molecule has 0 atom stereocenters. The van der Waals surface area contributed by atoms with Gasteiger partial charge in [-0.05, 0) is 0 Å². The maximum Gasteiger partial charge on any atom is 0 e. The minimum Gasteiger partial charge on any atom is 0 e. The van der Waals surface area contributed by atoms with E-state index >= 15 is 0 Å². The molecular weight excluding hydrogens is 245 g/mol. The van der Waals surface area contributed by atoms with Crippen LogP contribution in [0.1, 0.15) is 0 Å². The summed E-state index contributed by atoms with van der Waals surface area (Å²) in [5.41, 5.74) is 9.33. The Labute approximate surface area is 81.9 Å². The summed E-state index contributed by atoms with van der Waals surface area (Å²) in [6, 6.07) is 0. The van der Waals surface area contributed by atoms with Crippen LogP contribution in [0.4, 0.5) is 0 Å². The van der Waals surface area contributed by atoms with Gasteiger partial charge < -0.3 is 5.73 Å². The zero-order valence-corrected chi connectivity index (χ0v) is 13.0. The summed E-state index contributed by atoms with van der Waals surface area (Å²) in [6.07, 6.45) is 0. The van der Waals surface area contributed by atoms with Gasteiger partial charge in [-0.1, -0.05) is 12.2 Å². The molecule has 0 heterocycles. The first-order chi connectivity index (χ1) is 3.15. The Bertz CT molecular complexity index is 46.5. The van der Waals surface area contributed by atoms with Gasteiger partial charge in [0.25, 0.3) is 0 Å². The van der Waals surface area contributed by atoms with Gasteiger partial charge in [-0.2, -0.15) is 0 Å². The van der Waals surface area contributed by atoms with Crippen LogP contribution in [-0.2, 0) is 36.6 Å². The van der Waals surface area contributed by atoms with Crippen LogP contribution in [-0.4, -0.2) is 4.32 Å². The van der Waals surface area contributed by atoms with E-state index in [2.05, 4.69) is 35.9 Å². The smallest absolute Gasteiger partial charge is 0 e. The maximum absolute atomic E-state index is 4.71. The van der Waals surface area contributed by atoms with Crippen molar-refractivity contribution in [2.45, 2.75) is 11.0 Å². The SMILES string of the molecule is NC(=S)S.[CH3][Zn][CH3].[Zn]. The predicted octanol–water partition coefficient (Wildman–Crippen LogP) is 1.32. The van der Waals surface area contributed by atoms with E-state index < -0.39 is 0 Å². The third-order valence-corrected chi connectivity index (χ3v) is 0. The van der Waals surface area contributed by atoms with E-state index in [0.717, 1.165) is 0 Å². The number of nitrogens with two attached hydrogens (primary N) is 1. The molecule has 0 aromatic rings. The van der Waals surface area contributed by atoms with Crippen molar-refractivity contribution in [2.24, 2.45) is 5.73 Å². The van der Waals surface area contributed by atoms with Crippen LogP contribution in [0.2, 0.25) is 11.0 Å². The molecule has 0 fully saturated rings. The molecule has 0 aromatic heterocycles. The van der Waals surface area contributed by atoms with Crippen molar-refractivity contribution in [3.8, 4) is 0 Å². The average Bonchev–Trinajstić information content (AvgIpc) is 1.33. The zero-order chi connectivity index (χ0) is 6.28. The molecule has 0 spiro atoms. The molecule has 0 saturated carbocycles. The van der Waals surface area contributed by atoms with Crippen LogP contribution in [0.25, 0.3) is 0 Å².